The van der Waals surface area contributed by atoms with Gasteiger partial charge >= 0.3 is 11.7 Å². The largest absolute Gasteiger partial charge is 0.480 e. The van der Waals surface area contributed by atoms with Crippen LogP contribution in [0.2, 0.25) is 0 Å². The minimum Gasteiger partial charge on any atom is -0.480 e. The summed E-state index contributed by atoms with van der Waals surface area (Å²) in [5, 5.41) is 12.4. The minimum absolute atomic E-state index is 0.188. The van der Waals surface area contributed by atoms with E-state index in [0.717, 1.165) is 30.4 Å². The zero-order valence-corrected chi connectivity index (χ0v) is 8.18. The van der Waals surface area contributed by atoms with Crippen molar-refractivity contribution in [2.75, 3.05) is 0 Å². The summed E-state index contributed by atoms with van der Waals surface area (Å²) >= 11 is 0. The molecule has 1 aromatic rings. The molecule has 1 N–H and O–H groups in total. The highest BCUT2D eigenvalue weighted by atomic mass is 16.4. The third-order valence-corrected chi connectivity index (χ3v) is 2.61. The Kier molecular flexibility index (Phi) is 2.57. The van der Waals surface area contributed by atoms with Gasteiger partial charge in [0.2, 0.25) is 5.89 Å². The van der Waals surface area contributed by atoms with Crippen molar-refractivity contribution in [3.8, 4) is 0 Å². The number of carbonyl (C=O) groups is 1. The Morgan fingerprint density at radius 2 is 2.20 bits per heavy atom. The molecule has 0 spiro atoms. The molecule has 6 heteroatoms. The van der Waals surface area contributed by atoms with Crippen molar-refractivity contribution in [1.82, 2.24) is 9.78 Å². The smallest absolute Gasteiger partial charge is 0.437 e. The summed E-state index contributed by atoms with van der Waals surface area (Å²) in [5.74, 6) is -1.20. The van der Waals surface area contributed by atoms with E-state index in [-0.39, 0.29) is 5.92 Å². The first kappa shape index (κ1) is 9.95. The number of carboxylic acids is 1. The second-order valence-electron chi connectivity index (χ2n) is 3.74. The van der Waals surface area contributed by atoms with Crippen LogP contribution in [0.3, 0.4) is 0 Å². The molecule has 0 amide bonds. The van der Waals surface area contributed by atoms with Gasteiger partial charge in [0.05, 0.1) is 0 Å². The van der Waals surface area contributed by atoms with E-state index in [4.69, 9.17) is 9.52 Å². The monoisotopic (exact) mass is 212 g/mol. The zero-order valence-electron chi connectivity index (χ0n) is 8.18. The fraction of sp³-hybridized carbons (Fsp3) is 0.667. The molecule has 1 heterocycles. The third-order valence-electron chi connectivity index (χ3n) is 2.61. The third kappa shape index (κ3) is 2.08. The van der Waals surface area contributed by atoms with E-state index in [1.807, 2.05) is 0 Å². The maximum Gasteiger partial charge on any atom is 0.437 e. The molecule has 82 valence electrons. The molecule has 0 bridgehead atoms. The second-order valence-corrected chi connectivity index (χ2v) is 3.74. The van der Waals surface area contributed by atoms with Crippen LogP contribution in [0.15, 0.2) is 9.21 Å². The van der Waals surface area contributed by atoms with E-state index in [0.29, 0.717) is 5.89 Å². The van der Waals surface area contributed by atoms with Crippen molar-refractivity contribution < 1.29 is 14.3 Å². The predicted octanol–water partition coefficient (Wildman–Crippen LogP) is 0.579. The Hall–Kier alpha value is -1.59. The standard InChI is InChI=1S/C9H12N2O4/c12-7(13)5-11-9(14)15-8(10-11)6-3-1-2-4-6/h6H,1-5H2,(H,12,13). The first-order valence-corrected chi connectivity index (χ1v) is 4.96. The van der Waals surface area contributed by atoms with Gasteiger partial charge in [-0.25, -0.2) is 4.79 Å². The van der Waals surface area contributed by atoms with Gasteiger partial charge in [0, 0.05) is 5.92 Å². The van der Waals surface area contributed by atoms with E-state index >= 15 is 0 Å². The molecular formula is C9H12N2O4. The van der Waals surface area contributed by atoms with Gasteiger partial charge in [-0.3, -0.25) is 4.79 Å². The lowest BCUT2D eigenvalue weighted by Crippen LogP contribution is -2.20. The van der Waals surface area contributed by atoms with Gasteiger partial charge < -0.3 is 9.52 Å². The van der Waals surface area contributed by atoms with Crippen molar-refractivity contribution in [1.29, 1.82) is 0 Å². The number of aliphatic carboxylic acids is 1. The molecule has 0 aromatic carbocycles. The fourth-order valence-electron chi connectivity index (χ4n) is 1.89. The van der Waals surface area contributed by atoms with Crippen LogP contribution >= 0.6 is 0 Å². The van der Waals surface area contributed by atoms with E-state index in [1.165, 1.54) is 0 Å². The minimum atomic E-state index is -1.09. The van der Waals surface area contributed by atoms with Gasteiger partial charge in [0.1, 0.15) is 6.54 Å². The number of hydrogen-bond donors (Lipinski definition) is 1. The molecule has 1 fully saturated rings. The number of rotatable bonds is 3. The molecule has 0 radical (unpaired) electrons. The van der Waals surface area contributed by atoms with Crippen LogP contribution in [-0.4, -0.2) is 20.9 Å². The number of nitrogens with zero attached hydrogens (tertiary/aromatic N) is 2. The lowest BCUT2D eigenvalue weighted by molar-refractivity contribution is -0.138. The molecule has 2 rings (SSSR count). The van der Waals surface area contributed by atoms with Crippen LogP contribution in [-0.2, 0) is 11.3 Å². The van der Waals surface area contributed by atoms with Crippen molar-refractivity contribution in [2.45, 2.75) is 38.1 Å². The second kappa shape index (κ2) is 3.88. The van der Waals surface area contributed by atoms with Crippen LogP contribution in [0, 0.1) is 0 Å². The summed E-state index contributed by atoms with van der Waals surface area (Å²) in [6.07, 6.45) is 4.15. The summed E-state index contributed by atoms with van der Waals surface area (Å²) in [5.41, 5.74) is 0. The molecule has 1 aromatic heterocycles. The summed E-state index contributed by atoms with van der Waals surface area (Å²) in [7, 11) is 0. The summed E-state index contributed by atoms with van der Waals surface area (Å²) in [6.45, 7) is -0.435. The normalized spacial score (nSPS) is 17.1. The van der Waals surface area contributed by atoms with Gasteiger partial charge in [-0.2, -0.15) is 4.68 Å². The highest BCUT2D eigenvalue weighted by molar-refractivity contribution is 5.66. The molecule has 6 nitrogen and oxygen atoms in total. The van der Waals surface area contributed by atoms with E-state index in [9.17, 15) is 9.59 Å². The molecule has 1 saturated carbocycles. The Morgan fingerprint density at radius 1 is 1.53 bits per heavy atom. The van der Waals surface area contributed by atoms with Crippen LogP contribution in [0.4, 0.5) is 0 Å². The highest BCUT2D eigenvalue weighted by Gasteiger charge is 2.23. The van der Waals surface area contributed by atoms with Crippen LogP contribution < -0.4 is 5.76 Å². The Morgan fingerprint density at radius 3 is 2.80 bits per heavy atom. The number of carboxylic acid groups (broad SMARTS) is 1. The molecule has 0 aliphatic heterocycles. The number of aromatic nitrogens is 2. The zero-order chi connectivity index (χ0) is 10.8. The molecule has 1 aliphatic carbocycles. The van der Waals surface area contributed by atoms with Crippen molar-refractivity contribution >= 4 is 5.97 Å². The molecule has 1 aliphatic rings. The van der Waals surface area contributed by atoms with E-state index < -0.39 is 18.3 Å². The Bertz CT molecular complexity index is 414. The average molecular weight is 212 g/mol. The van der Waals surface area contributed by atoms with Gasteiger partial charge in [-0.1, -0.05) is 12.8 Å². The van der Waals surface area contributed by atoms with Gasteiger partial charge in [-0.15, -0.1) is 5.10 Å². The van der Waals surface area contributed by atoms with Crippen LogP contribution in [0.5, 0.6) is 0 Å². The Labute approximate surface area is 85.5 Å². The Balaban J connectivity index is 2.20. The first-order valence-electron chi connectivity index (χ1n) is 4.96. The van der Waals surface area contributed by atoms with E-state index in [1.54, 1.807) is 0 Å². The van der Waals surface area contributed by atoms with Crippen molar-refractivity contribution in [3.05, 3.63) is 16.4 Å². The fourth-order valence-corrected chi connectivity index (χ4v) is 1.89. The maximum atomic E-state index is 11.2. The van der Waals surface area contributed by atoms with Crippen molar-refractivity contribution in [2.24, 2.45) is 0 Å². The lowest BCUT2D eigenvalue weighted by Gasteiger charge is -1.99. The van der Waals surface area contributed by atoms with Gasteiger partial charge in [0.15, 0.2) is 0 Å². The summed E-state index contributed by atoms with van der Waals surface area (Å²) in [4.78, 5) is 21.6. The van der Waals surface area contributed by atoms with Crippen LogP contribution in [0.25, 0.3) is 0 Å². The molecule has 0 atom stereocenters. The lowest BCUT2D eigenvalue weighted by atomic mass is 10.1. The van der Waals surface area contributed by atoms with Gasteiger partial charge in [0.25, 0.3) is 0 Å². The quantitative estimate of drug-likeness (QED) is 0.792. The maximum absolute atomic E-state index is 11.2. The molecular weight excluding hydrogens is 200 g/mol. The topological polar surface area (TPSA) is 85.3 Å². The first-order chi connectivity index (χ1) is 7.16. The molecule has 0 unspecified atom stereocenters. The summed E-state index contributed by atoms with van der Waals surface area (Å²) in [6, 6.07) is 0. The average Bonchev–Trinajstić information content (AvgIpc) is 2.75. The van der Waals surface area contributed by atoms with Crippen molar-refractivity contribution in [3.63, 3.8) is 0 Å². The number of hydrogen-bond acceptors (Lipinski definition) is 4. The molecule has 15 heavy (non-hydrogen) atoms. The predicted molar refractivity (Wildman–Crippen MR) is 49.6 cm³/mol. The molecule has 0 saturated heterocycles. The summed E-state index contributed by atoms with van der Waals surface area (Å²) < 4.78 is 5.79. The van der Waals surface area contributed by atoms with E-state index in [2.05, 4.69) is 5.10 Å². The SMILES string of the molecule is O=C(O)Cn1nc(C2CCCC2)oc1=O. The van der Waals surface area contributed by atoms with Crippen LogP contribution in [0.1, 0.15) is 37.5 Å². The van der Waals surface area contributed by atoms with Gasteiger partial charge in [-0.05, 0) is 12.8 Å². The highest BCUT2D eigenvalue weighted by Crippen LogP contribution is 2.32.